The van der Waals surface area contributed by atoms with Crippen LogP contribution in [-0.4, -0.2) is 24.0 Å². The van der Waals surface area contributed by atoms with E-state index in [1.165, 1.54) is 45.1 Å². The maximum Gasteiger partial charge on any atom is 0.0666 e. The number of nitriles is 1. The standard InChI is InChI=1S/C13H22N2/c1-11(9-14)10-15-8-4-6-12-5-2-3-7-13(12)15/h11-13H,2-8,10H2,1H3/t11?,12-,13-/m1/s1. The Morgan fingerprint density at radius 1 is 1.27 bits per heavy atom. The molecule has 1 heterocycles. The number of hydrogen-bond donors (Lipinski definition) is 0. The van der Waals surface area contributed by atoms with Crippen LogP contribution in [0, 0.1) is 23.2 Å². The monoisotopic (exact) mass is 206 g/mol. The highest BCUT2D eigenvalue weighted by molar-refractivity contribution is 4.90. The molecule has 0 N–H and O–H groups in total. The molecule has 2 rings (SSSR count). The highest BCUT2D eigenvalue weighted by atomic mass is 15.2. The van der Waals surface area contributed by atoms with Crippen LogP contribution in [0.15, 0.2) is 0 Å². The summed E-state index contributed by atoms with van der Waals surface area (Å²) in [7, 11) is 0. The van der Waals surface area contributed by atoms with Gasteiger partial charge >= 0.3 is 0 Å². The van der Waals surface area contributed by atoms with E-state index >= 15 is 0 Å². The predicted octanol–water partition coefficient (Wildman–Crippen LogP) is 2.80. The van der Waals surface area contributed by atoms with Crippen molar-refractivity contribution in [1.29, 1.82) is 5.26 Å². The minimum Gasteiger partial charge on any atom is -0.299 e. The Morgan fingerprint density at radius 3 is 2.80 bits per heavy atom. The Balaban J connectivity index is 1.95. The van der Waals surface area contributed by atoms with Gasteiger partial charge in [0.1, 0.15) is 0 Å². The zero-order chi connectivity index (χ0) is 10.7. The summed E-state index contributed by atoms with van der Waals surface area (Å²) in [4.78, 5) is 2.60. The maximum atomic E-state index is 8.88. The van der Waals surface area contributed by atoms with Gasteiger partial charge in [-0.15, -0.1) is 0 Å². The van der Waals surface area contributed by atoms with E-state index in [2.05, 4.69) is 11.0 Å². The van der Waals surface area contributed by atoms with Crippen LogP contribution in [-0.2, 0) is 0 Å². The Kier molecular flexibility index (Phi) is 3.64. The minimum atomic E-state index is 0.200. The van der Waals surface area contributed by atoms with Gasteiger partial charge in [-0.25, -0.2) is 0 Å². The van der Waals surface area contributed by atoms with E-state index in [0.717, 1.165) is 18.5 Å². The molecular formula is C13H22N2. The molecule has 0 aromatic carbocycles. The van der Waals surface area contributed by atoms with Gasteiger partial charge in [-0.3, -0.25) is 4.90 Å². The summed E-state index contributed by atoms with van der Waals surface area (Å²) in [6.45, 7) is 4.28. The summed E-state index contributed by atoms with van der Waals surface area (Å²) in [5.74, 6) is 1.14. The van der Waals surface area contributed by atoms with Crippen molar-refractivity contribution in [2.75, 3.05) is 13.1 Å². The Morgan fingerprint density at radius 2 is 2.00 bits per heavy atom. The molecule has 1 saturated carbocycles. The molecule has 0 aromatic rings. The molecule has 1 aliphatic heterocycles. The second-order valence-corrected chi connectivity index (χ2v) is 5.28. The number of fused-ring (bicyclic) bond motifs is 1. The van der Waals surface area contributed by atoms with Gasteiger partial charge in [0.2, 0.25) is 0 Å². The first-order valence-corrected chi connectivity index (χ1v) is 6.45. The third-order valence-corrected chi connectivity index (χ3v) is 4.09. The Hall–Kier alpha value is -0.550. The fraction of sp³-hybridized carbons (Fsp3) is 0.923. The van der Waals surface area contributed by atoms with Gasteiger partial charge in [-0.05, 0) is 45.1 Å². The first-order chi connectivity index (χ1) is 7.31. The molecule has 15 heavy (non-hydrogen) atoms. The number of rotatable bonds is 2. The molecule has 1 unspecified atom stereocenters. The van der Waals surface area contributed by atoms with E-state index < -0.39 is 0 Å². The van der Waals surface area contributed by atoms with Crippen LogP contribution in [0.2, 0.25) is 0 Å². The van der Waals surface area contributed by atoms with Crippen LogP contribution in [0.3, 0.4) is 0 Å². The first-order valence-electron chi connectivity index (χ1n) is 6.45. The molecule has 0 bridgehead atoms. The second-order valence-electron chi connectivity index (χ2n) is 5.28. The lowest BCUT2D eigenvalue weighted by Gasteiger charge is -2.44. The SMILES string of the molecule is CC(C#N)CN1CCC[C@H]2CCCC[C@H]21. The van der Waals surface area contributed by atoms with Crippen LogP contribution >= 0.6 is 0 Å². The van der Waals surface area contributed by atoms with Crippen molar-refractivity contribution in [3.05, 3.63) is 0 Å². The van der Waals surface area contributed by atoms with Crippen molar-refractivity contribution in [2.24, 2.45) is 11.8 Å². The van der Waals surface area contributed by atoms with Gasteiger partial charge in [0.15, 0.2) is 0 Å². The normalized spacial score (nSPS) is 34.1. The molecule has 0 amide bonds. The van der Waals surface area contributed by atoms with E-state index in [0.29, 0.717) is 0 Å². The molecule has 0 radical (unpaired) electrons. The van der Waals surface area contributed by atoms with E-state index in [-0.39, 0.29) is 5.92 Å². The van der Waals surface area contributed by atoms with Crippen molar-refractivity contribution in [2.45, 2.75) is 51.5 Å². The fourth-order valence-electron chi connectivity index (χ4n) is 3.35. The van der Waals surface area contributed by atoms with Crippen molar-refractivity contribution in [1.82, 2.24) is 4.90 Å². The molecule has 0 spiro atoms. The summed E-state index contributed by atoms with van der Waals surface area (Å²) in [5, 5.41) is 8.88. The molecule has 1 aliphatic carbocycles. The quantitative estimate of drug-likeness (QED) is 0.694. The molecule has 2 aliphatic rings. The van der Waals surface area contributed by atoms with Crippen molar-refractivity contribution in [3.8, 4) is 6.07 Å². The number of likely N-dealkylation sites (tertiary alicyclic amines) is 1. The lowest BCUT2D eigenvalue weighted by atomic mass is 9.78. The molecule has 2 fully saturated rings. The topological polar surface area (TPSA) is 27.0 Å². The van der Waals surface area contributed by atoms with Crippen molar-refractivity contribution >= 4 is 0 Å². The molecule has 3 atom stereocenters. The van der Waals surface area contributed by atoms with Gasteiger partial charge in [0, 0.05) is 12.6 Å². The van der Waals surface area contributed by atoms with Crippen molar-refractivity contribution < 1.29 is 0 Å². The van der Waals surface area contributed by atoms with E-state index in [1.807, 2.05) is 6.92 Å². The van der Waals surface area contributed by atoms with E-state index in [1.54, 1.807) is 0 Å². The average molecular weight is 206 g/mol. The van der Waals surface area contributed by atoms with Gasteiger partial charge in [0.25, 0.3) is 0 Å². The molecule has 0 aromatic heterocycles. The molecule has 2 nitrogen and oxygen atoms in total. The summed E-state index contributed by atoms with van der Waals surface area (Å²) in [6.07, 6.45) is 8.42. The second kappa shape index (κ2) is 4.99. The molecular weight excluding hydrogens is 184 g/mol. The summed E-state index contributed by atoms with van der Waals surface area (Å²) >= 11 is 0. The highest BCUT2D eigenvalue weighted by Gasteiger charge is 2.33. The number of hydrogen-bond acceptors (Lipinski definition) is 2. The van der Waals surface area contributed by atoms with Gasteiger partial charge in [-0.2, -0.15) is 5.26 Å². The maximum absolute atomic E-state index is 8.88. The summed E-state index contributed by atoms with van der Waals surface area (Å²) in [6, 6.07) is 3.17. The first kappa shape index (κ1) is 11.0. The largest absolute Gasteiger partial charge is 0.299 e. The predicted molar refractivity (Wildman–Crippen MR) is 61.3 cm³/mol. The molecule has 84 valence electrons. The molecule has 1 saturated heterocycles. The Labute approximate surface area is 93.3 Å². The zero-order valence-electron chi connectivity index (χ0n) is 9.78. The highest BCUT2D eigenvalue weighted by Crippen LogP contribution is 2.35. The van der Waals surface area contributed by atoms with E-state index in [4.69, 9.17) is 5.26 Å². The van der Waals surface area contributed by atoms with E-state index in [9.17, 15) is 0 Å². The Bertz CT molecular complexity index is 241. The van der Waals surface area contributed by atoms with Gasteiger partial charge < -0.3 is 0 Å². The fourth-order valence-corrected chi connectivity index (χ4v) is 3.35. The summed E-state index contributed by atoms with van der Waals surface area (Å²) < 4.78 is 0. The van der Waals surface area contributed by atoms with Gasteiger partial charge in [-0.1, -0.05) is 12.8 Å². The van der Waals surface area contributed by atoms with Crippen molar-refractivity contribution in [3.63, 3.8) is 0 Å². The molecule has 2 heteroatoms. The number of nitrogens with zero attached hydrogens (tertiary/aromatic N) is 2. The third-order valence-electron chi connectivity index (χ3n) is 4.09. The lowest BCUT2D eigenvalue weighted by Crippen LogP contribution is -2.48. The zero-order valence-corrected chi connectivity index (χ0v) is 9.78. The smallest absolute Gasteiger partial charge is 0.0666 e. The third kappa shape index (κ3) is 2.52. The lowest BCUT2D eigenvalue weighted by molar-refractivity contribution is 0.0551. The average Bonchev–Trinajstić information content (AvgIpc) is 2.29. The number of piperidine rings is 1. The van der Waals surface area contributed by atoms with Crippen LogP contribution in [0.25, 0.3) is 0 Å². The summed E-state index contributed by atoms with van der Waals surface area (Å²) in [5.41, 5.74) is 0. The minimum absolute atomic E-state index is 0.200. The van der Waals surface area contributed by atoms with Crippen LogP contribution in [0.4, 0.5) is 0 Å². The van der Waals surface area contributed by atoms with Crippen LogP contribution in [0.1, 0.15) is 45.4 Å². The van der Waals surface area contributed by atoms with Crippen LogP contribution < -0.4 is 0 Å². The van der Waals surface area contributed by atoms with Gasteiger partial charge in [0.05, 0.1) is 12.0 Å². The van der Waals surface area contributed by atoms with Crippen LogP contribution in [0.5, 0.6) is 0 Å².